The highest BCUT2D eigenvalue weighted by atomic mass is 16.7. The summed E-state index contributed by atoms with van der Waals surface area (Å²) in [4.78, 5) is 13.5. The number of methoxy groups -OCH3 is 1. The molecule has 1 spiro atoms. The van der Waals surface area contributed by atoms with Crippen LogP contribution in [0.15, 0.2) is 0 Å². The van der Waals surface area contributed by atoms with Gasteiger partial charge in [-0.1, -0.05) is 0 Å². The van der Waals surface area contributed by atoms with Crippen LogP contribution in [0, 0.1) is 0 Å². The van der Waals surface area contributed by atoms with E-state index in [1.165, 1.54) is 7.11 Å². The van der Waals surface area contributed by atoms with E-state index in [1.54, 1.807) is 0 Å². The Labute approximate surface area is 95.6 Å². The van der Waals surface area contributed by atoms with Crippen molar-refractivity contribution < 1.29 is 19.0 Å². The maximum absolute atomic E-state index is 11.5. The van der Waals surface area contributed by atoms with E-state index in [9.17, 15) is 4.79 Å². The van der Waals surface area contributed by atoms with Crippen molar-refractivity contribution >= 4 is 5.97 Å². The van der Waals surface area contributed by atoms with Gasteiger partial charge in [-0.15, -0.1) is 0 Å². The Hall–Kier alpha value is -0.650. The van der Waals surface area contributed by atoms with Crippen LogP contribution in [-0.4, -0.2) is 56.1 Å². The molecule has 2 aliphatic rings. The molecule has 0 radical (unpaired) electrons. The molecule has 2 aliphatic heterocycles. The molecule has 2 saturated heterocycles. The number of esters is 1. The third kappa shape index (κ3) is 2.21. The number of rotatable bonds is 2. The van der Waals surface area contributed by atoms with Crippen molar-refractivity contribution in [2.45, 2.75) is 31.6 Å². The van der Waals surface area contributed by atoms with Gasteiger partial charge < -0.3 is 14.2 Å². The minimum atomic E-state index is -0.472. The number of ether oxygens (including phenoxy) is 3. The Balaban J connectivity index is 1.98. The molecule has 5 nitrogen and oxygen atoms in total. The highest BCUT2D eigenvalue weighted by molar-refractivity contribution is 5.75. The minimum Gasteiger partial charge on any atom is -0.468 e. The van der Waals surface area contributed by atoms with Gasteiger partial charge in [-0.2, -0.15) is 0 Å². The summed E-state index contributed by atoms with van der Waals surface area (Å²) in [5.41, 5.74) is 0. The van der Waals surface area contributed by atoms with Gasteiger partial charge in [-0.25, -0.2) is 0 Å². The summed E-state index contributed by atoms with van der Waals surface area (Å²) < 4.78 is 16.1. The van der Waals surface area contributed by atoms with Gasteiger partial charge in [0.2, 0.25) is 0 Å². The quantitative estimate of drug-likeness (QED) is 0.641. The molecule has 1 unspecified atom stereocenters. The van der Waals surface area contributed by atoms with Gasteiger partial charge in [0.15, 0.2) is 5.79 Å². The first-order valence-electron chi connectivity index (χ1n) is 5.77. The monoisotopic (exact) mass is 229 g/mol. The summed E-state index contributed by atoms with van der Waals surface area (Å²) >= 11 is 0. The molecular formula is C11H19NO4. The van der Waals surface area contributed by atoms with Crippen molar-refractivity contribution in [2.24, 2.45) is 0 Å². The molecule has 0 aromatic heterocycles. The van der Waals surface area contributed by atoms with Gasteiger partial charge in [0.05, 0.1) is 26.9 Å². The largest absolute Gasteiger partial charge is 0.468 e. The third-order valence-electron chi connectivity index (χ3n) is 3.35. The molecule has 1 atom stereocenters. The molecule has 0 aromatic rings. The van der Waals surface area contributed by atoms with Crippen molar-refractivity contribution in [3.05, 3.63) is 0 Å². The predicted molar refractivity (Wildman–Crippen MR) is 56.9 cm³/mol. The first-order valence-corrected chi connectivity index (χ1v) is 5.77. The van der Waals surface area contributed by atoms with E-state index in [2.05, 4.69) is 4.90 Å². The van der Waals surface area contributed by atoms with Crippen molar-refractivity contribution in [1.29, 1.82) is 0 Å². The van der Waals surface area contributed by atoms with E-state index in [0.717, 1.165) is 19.4 Å². The molecule has 2 rings (SSSR count). The number of hydrogen-bond donors (Lipinski definition) is 0. The fourth-order valence-electron chi connectivity index (χ4n) is 2.40. The topological polar surface area (TPSA) is 48.0 Å². The Morgan fingerprint density at radius 1 is 1.44 bits per heavy atom. The molecule has 2 fully saturated rings. The summed E-state index contributed by atoms with van der Waals surface area (Å²) in [6, 6.07) is -0.227. The van der Waals surface area contributed by atoms with Crippen LogP contribution in [0.4, 0.5) is 0 Å². The van der Waals surface area contributed by atoms with Crippen molar-refractivity contribution in [2.75, 3.05) is 33.4 Å². The van der Waals surface area contributed by atoms with Gasteiger partial charge in [-0.05, 0) is 19.9 Å². The summed E-state index contributed by atoms with van der Waals surface area (Å²) in [5.74, 6) is -0.671. The second-order valence-corrected chi connectivity index (χ2v) is 4.38. The van der Waals surface area contributed by atoms with Gasteiger partial charge >= 0.3 is 5.97 Å². The maximum Gasteiger partial charge on any atom is 0.322 e. The molecule has 5 heteroatoms. The summed E-state index contributed by atoms with van der Waals surface area (Å²) in [5, 5.41) is 0. The molecule has 0 amide bonds. The van der Waals surface area contributed by atoms with Crippen LogP contribution in [-0.2, 0) is 19.0 Å². The van der Waals surface area contributed by atoms with E-state index < -0.39 is 5.79 Å². The van der Waals surface area contributed by atoms with E-state index in [0.29, 0.717) is 19.8 Å². The summed E-state index contributed by atoms with van der Waals surface area (Å²) in [6.07, 6.45) is 1.90. The Kier molecular flexibility index (Phi) is 3.47. The normalized spacial score (nSPS) is 26.9. The number of piperidine rings is 1. The molecular weight excluding hydrogens is 210 g/mol. The van der Waals surface area contributed by atoms with Crippen LogP contribution < -0.4 is 0 Å². The fourth-order valence-corrected chi connectivity index (χ4v) is 2.40. The zero-order valence-corrected chi connectivity index (χ0v) is 9.90. The van der Waals surface area contributed by atoms with Crippen molar-refractivity contribution in [3.63, 3.8) is 0 Å². The average Bonchev–Trinajstić information content (AvgIpc) is 2.75. The number of carbonyl (C=O) groups is 1. The summed E-state index contributed by atoms with van der Waals surface area (Å²) in [7, 11) is 1.42. The van der Waals surface area contributed by atoms with E-state index in [4.69, 9.17) is 14.2 Å². The second kappa shape index (κ2) is 4.69. The number of hydrogen-bond acceptors (Lipinski definition) is 5. The van der Waals surface area contributed by atoms with Gasteiger partial charge in [-0.3, -0.25) is 9.69 Å². The number of likely N-dealkylation sites (tertiary alicyclic amines) is 1. The van der Waals surface area contributed by atoms with E-state index in [-0.39, 0.29) is 12.0 Å². The molecule has 92 valence electrons. The molecule has 0 bridgehead atoms. The molecule has 0 aromatic carbocycles. The predicted octanol–water partition coefficient (Wildman–Crippen LogP) is 0.387. The van der Waals surface area contributed by atoms with E-state index in [1.807, 2.05) is 6.92 Å². The van der Waals surface area contributed by atoms with Crippen LogP contribution in [0.2, 0.25) is 0 Å². The molecule has 16 heavy (non-hydrogen) atoms. The number of nitrogens with zero attached hydrogens (tertiary/aromatic N) is 1. The van der Waals surface area contributed by atoms with E-state index >= 15 is 0 Å². The van der Waals surface area contributed by atoms with Crippen LogP contribution in [0.3, 0.4) is 0 Å². The fraction of sp³-hybridized carbons (Fsp3) is 0.909. The van der Waals surface area contributed by atoms with Crippen LogP contribution in [0.1, 0.15) is 19.8 Å². The standard InChI is InChI=1S/C11H19NO4/c1-9(10(13)14-2)12-5-3-4-11(8-12)15-6-7-16-11/h9H,3-8H2,1-2H3. The smallest absolute Gasteiger partial charge is 0.322 e. The van der Waals surface area contributed by atoms with Crippen molar-refractivity contribution in [3.8, 4) is 0 Å². The average molecular weight is 229 g/mol. The molecule has 0 saturated carbocycles. The third-order valence-corrected chi connectivity index (χ3v) is 3.35. The van der Waals surface area contributed by atoms with Gasteiger partial charge in [0.25, 0.3) is 0 Å². The minimum absolute atomic E-state index is 0.199. The van der Waals surface area contributed by atoms with Crippen LogP contribution in [0.5, 0.6) is 0 Å². The first kappa shape index (κ1) is 11.8. The highest BCUT2D eigenvalue weighted by Gasteiger charge is 2.42. The van der Waals surface area contributed by atoms with Gasteiger partial charge in [0, 0.05) is 6.42 Å². The van der Waals surface area contributed by atoms with Gasteiger partial charge in [0.1, 0.15) is 6.04 Å². The highest BCUT2D eigenvalue weighted by Crippen LogP contribution is 2.30. The SMILES string of the molecule is COC(=O)C(C)N1CCCC2(C1)OCCO2. The molecule has 0 N–H and O–H groups in total. The first-order chi connectivity index (χ1) is 7.67. The maximum atomic E-state index is 11.5. The lowest BCUT2D eigenvalue weighted by Crippen LogP contribution is -2.53. The van der Waals surface area contributed by atoms with Crippen LogP contribution >= 0.6 is 0 Å². The molecule has 0 aliphatic carbocycles. The summed E-state index contributed by atoms with van der Waals surface area (Å²) in [6.45, 7) is 4.72. The lowest BCUT2D eigenvalue weighted by Gasteiger charge is -2.40. The lowest BCUT2D eigenvalue weighted by atomic mass is 10.0. The zero-order valence-electron chi connectivity index (χ0n) is 9.90. The Bertz CT molecular complexity index is 263. The lowest BCUT2D eigenvalue weighted by molar-refractivity contribution is -0.196. The Morgan fingerprint density at radius 2 is 2.12 bits per heavy atom. The molecule has 2 heterocycles. The number of carbonyl (C=O) groups excluding carboxylic acids is 1. The van der Waals surface area contributed by atoms with Crippen molar-refractivity contribution in [1.82, 2.24) is 4.90 Å². The second-order valence-electron chi connectivity index (χ2n) is 4.38. The Morgan fingerprint density at radius 3 is 2.75 bits per heavy atom. The zero-order chi connectivity index (χ0) is 11.6. The van der Waals surface area contributed by atoms with Crippen LogP contribution in [0.25, 0.3) is 0 Å².